The van der Waals surface area contributed by atoms with Crippen LogP contribution in [0.15, 0.2) is 54.6 Å². The van der Waals surface area contributed by atoms with Gasteiger partial charge in [0.2, 0.25) is 5.91 Å². The SMILES string of the molecule is NC(=O)C[C@@]1(COc2ccccc2)CCCN(C(=O)c2ccc(OC(F)(F)F)cc2)C1. The molecule has 6 nitrogen and oxygen atoms in total. The molecule has 9 heteroatoms. The van der Waals surface area contributed by atoms with E-state index >= 15 is 0 Å². The normalized spacial score (nSPS) is 19.0. The minimum absolute atomic E-state index is 0.0575. The number of carbonyl (C=O) groups excluding carboxylic acids is 2. The molecule has 0 aromatic heterocycles. The molecule has 2 aromatic carbocycles. The number of primary amides is 1. The molecule has 1 aliphatic heterocycles. The Labute approximate surface area is 177 Å². The largest absolute Gasteiger partial charge is 0.573 e. The van der Waals surface area contributed by atoms with Crippen molar-refractivity contribution in [3.63, 3.8) is 0 Å². The lowest BCUT2D eigenvalue weighted by Gasteiger charge is -2.42. The first-order valence-corrected chi connectivity index (χ1v) is 9.77. The minimum Gasteiger partial charge on any atom is -0.493 e. The Hall–Kier alpha value is -3.23. The first-order valence-electron chi connectivity index (χ1n) is 9.77. The lowest BCUT2D eigenvalue weighted by atomic mass is 9.77. The smallest absolute Gasteiger partial charge is 0.493 e. The molecular weight excluding hydrogens is 413 g/mol. The Morgan fingerprint density at radius 2 is 1.71 bits per heavy atom. The third-order valence-corrected chi connectivity index (χ3v) is 5.12. The van der Waals surface area contributed by atoms with Gasteiger partial charge in [-0.15, -0.1) is 13.2 Å². The molecule has 2 N–H and O–H groups in total. The van der Waals surface area contributed by atoms with Crippen LogP contribution in [0.1, 0.15) is 29.6 Å². The Balaban J connectivity index is 1.72. The molecule has 1 fully saturated rings. The number of benzene rings is 2. The van der Waals surface area contributed by atoms with Gasteiger partial charge in [0, 0.05) is 30.5 Å². The molecule has 0 aliphatic carbocycles. The summed E-state index contributed by atoms with van der Waals surface area (Å²) in [5.74, 6) is -0.580. The minimum atomic E-state index is -4.80. The summed E-state index contributed by atoms with van der Waals surface area (Å²) in [6, 6.07) is 13.9. The Morgan fingerprint density at radius 3 is 2.32 bits per heavy atom. The van der Waals surface area contributed by atoms with E-state index in [1.807, 2.05) is 18.2 Å². The van der Waals surface area contributed by atoms with Crippen molar-refractivity contribution >= 4 is 11.8 Å². The van der Waals surface area contributed by atoms with Gasteiger partial charge in [0.05, 0.1) is 6.61 Å². The van der Waals surface area contributed by atoms with Gasteiger partial charge in [-0.05, 0) is 49.2 Å². The van der Waals surface area contributed by atoms with Gasteiger partial charge in [-0.25, -0.2) is 0 Å². The van der Waals surface area contributed by atoms with Crippen LogP contribution in [0.4, 0.5) is 13.2 Å². The summed E-state index contributed by atoms with van der Waals surface area (Å²) in [6.07, 6.45) is -3.44. The average molecular weight is 436 g/mol. The summed E-state index contributed by atoms with van der Waals surface area (Å²) in [7, 11) is 0. The van der Waals surface area contributed by atoms with Crippen LogP contribution in [0.25, 0.3) is 0 Å². The molecule has 0 radical (unpaired) electrons. The first-order chi connectivity index (χ1) is 14.7. The quantitative estimate of drug-likeness (QED) is 0.717. The molecule has 2 amide bonds. The number of hydrogen-bond acceptors (Lipinski definition) is 4. The number of piperidine rings is 1. The number of likely N-dealkylation sites (tertiary alicyclic amines) is 1. The summed E-state index contributed by atoms with van der Waals surface area (Å²) in [6.45, 7) is 0.927. The number of nitrogens with zero attached hydrogens (tertiary/aromatic N) is 1. The molecule has 3 rings (SSSR count). The van der Waals surface area contributed by atoms with Gasteiger partial charge in [-0.1, -0.05) is 18.2 Å². The zero-order valence-electron chi connectivity index (χ0n) is 16.7. The van der Waals surface area contributed by atoms with E-state index in [4.69, 9.17) is 10.5 Å². The molecule has 0 saturated carbocycles. The summed E-state index contributed by atoms with van der Waals surface area (Å²) in [5.41, 5.74) is 5.06. The van der Waals surface area contributed by atoms with Gasteiger partial charge < -0.3 is 20.1 Å². The van der Waals surface area contributed by atoms with Crippen molar-refractivity contribution in [3.05, 3.63) is 60.2 Å². The van der Waals surface area contributed by atoms with E-state index in [0.29, 0.717) is 25.1 Å². The topological polar surface area (TPSA) is 81.9 Å². The third-order valence-electron chi connectivity index (χ3n) is 5.12. The standard InChI is InChI=1S/C22H23F3N2O4/c23-22(24,25)31-18-9-7-16(8-10-18)20(29)27-12-4-11-21(14-27,13-19(26)28)15-30-17-5-2-1-3-6-17/h1-3,5-10H,4,11-15H2,(H2,26,28)/t21-/m0/s1. The number of para-hydroxylation sites is 1. The van der Waals surface area contributed by atoms with Gasteiger partial charge in [0.15, 0.2) is 0 Å². The second-order valence-electron chi connectivity index (χ2n) is 7.65. The lowest BCUT2D eigenvalue weighted by molar-refractivity contribution is -0.274. The second-order valence-corrected chi connectivity index (χ2v) is 7.65. The van der Waals surface area contributed by atoms with E-state index in [9.17, 15) is 22.8 Å². The molecule has 1 heterocycles. The van der Waals surface area contributed by atoms with Crippen LogP contribution in [0, 0.1) is 5.41 Å². The fourth-order valence-corrected chi connectivity index (χ4v) is 3.80. The van der Waals surface area contributed by atoms with Crippen molar-refractivity contribution in [2.24, 2.45) is 11.1 Å². The number of alkyl halides is 3. The van der Waals surface area contributed by atoms with E-state index in [2.05, 4.69) is 4.74 Å². The van der Waals surface area contributed by atoms with Crippen LogP contribution in [0.3, 0.4) is 0 Å². The van der Waals surface area contributed by atoms with Crippen molar-refractivity contribution in [1.82, 2.24) is 4.90 Å². The molecule has 1 aliphatic rings. The van der Waals surface area contributed by atoms with Gasteiger partial charge in [0.25, 0.3) is 5.91 Å². The lowest BCUT2D eigenvalue weighted by Crippen LogP contribution is -2.50. The van der Waals surface area contributed by atoms with Crippen LogP contribution >= 0.6 is 0 Å². The highest BCUT2D eigenvalue weighted by Crippen LogP contribution is 2.35. The molecule has 1 atom stereocenters. The maximum absolute atomic E-state index is 12.9. The molecule has 1 saturated heterocycles. The molecule has 166 valence electrons. The fourth-order valence-electron chi connectivity index (χ4n) is 3.80. The summed E-state index contributed by atoms with van der Waals surface area (Å²) >= 11 is 0. The predicted molar refractivity (Wildman–Crippen MR) is 106 cm³/mol. The van der Waals surface area contributed by atoms with Crippen LogP contribution < -0.4 is 15.2 Å². The number of hydrogen-bond donors (Lipinski definition) is 1. The third kappa shape index (κ3) is 6.37. The number of halogens is 3. The maximum atomic E-state index is 12.9. The Bertz CT molecular complexity index is 903. The molecular formula is C22H23F3N2O4. The number of carbonyl (C=O) groups is 2. The van der Waals surface area contributed by atoms with Gasteiger partial charge in [0.1, 0.15) is 11.5 Å². The highest BCUT2D eigenvalue weighted by molar-refractivity contribution is 5.94. The van der Waals surface area contributed by atoms with Crippen molar-refractivity contribution in [3.8, 4) is 11.5 Å². The van der Waals surface area contributed by atoms with Gasteiger partial charge in [-0.2, -0.15) is 0 Å². The summed E-state index contributed by atoms with van der Waals surface area (Å²) in [5, 5.41) is 0. The highest BCUT2D eigenvalue weighted by atomic mass is 19.4. The zero-order valence-corrected chi connectivity index (χ0v) is 16.7. The van der Waals surface area contributed by atoms with Crippen LogP contribution in [-0.4, -0.2) is 42.8 Å². The van der Waals surface area contributed by atoms with Gasteiger partial charge >= 0.3 is 6.36 Å². The number of nitrogens with two attached hydrogens (primary N) is 1. The van der Waals surface area contributed by atoms with Crippen molar-refractivity contribution < 1.29 is 32.2 Å². The van der Waals surface area contributed by atoms with E-state index < -0.39 is 23.4 Å². The number of ether oxygens (including phenoxy) is 2. The van der Waals surface area contributed by atoms with Crippen molar-refractivity contribution in [2.75, 3.05) is 19.7 Å². The average Bonchev–Trinajstić information content (AvgIpc) is 2.72. The van der Waals surface area contributed by atoms with Crippen molar-refractivity contribution in [2.45, 2.75) is 25.6 Å². The first kappa shape index (κ1) is 22.5. The van der Waals surface area contributed by atoms with Crippen LogP contribution in [0.5, 0.6) is 11.5 Å². The maximum Gasteiger partial charge on any atom is 0.573 e. The van der Waals surface area contributed by atoms with Gasteiger partial charge in [-0.3, -0.25) is 9.59 Å². The highest BCUT2D eigenvalue weighted by Gasteiger charge is 2.39. The molecule has 0 spiro atoms. The summed E-state index contributed by atoms with van der Waals surface area (Å²) in [4.78, 5) is 26.3. The summed E-state index contributed by atoms with van der Waals surface area (Å²) < 4.78 is 46.7. The fraction of sp³-hybridized carbons (Fsp3) is 0.364. The second kappa shape index (κ2) is 9.28. The predicted octanol–water partition coefficient (Wildman–Crippen LogP) is 3.76. The molecule has 0 bridgehead atoms. The Morgan fingerprint density at radius 1 is 1.03 bits per heavy atom. The number of amides is 2. The van der Waals surface area contributed by atoms with Crippen molar-refractivity contribution in [1.29, 1.82) is 0 Å². The van der Waals surface area contributed by atoms with E-state index in [0.717, 1.165) is 12.1 Å². The Kier molecular flexibility index (Phi) is 6.72. The van der Waals surface area contributed by atoms with E-state index in [1.165, 1.54) is 12.1 Å². The zero-order chi connectivity index (χ0) is 22.5. The molecule has 2 aromatic rings. The van der Waals surface area contributed by atoms with Crippen LogP contribution in [-0.2, 0) is 4.79 Å². The number of rotatable bonds is 7. The molecule has 0 unspecified atom stereocenters. The van der Waals surface area contributed by atoms with E-state index in [-0.39, 0.29) is 31.0 Å². The van der Waals surface area contributed by atoms with Crippen LogP contribution in [0.2, 0.25) is 0 Å². The molecule has 31 heavy (non-hydrogen) atoms. The van der Waals surface area contributed by atoms with E-state index in [1.54, 1.807) is 17.0 Å². The monoisotopic (exact) mass is 436 g/mol.